The molecule has 0 atom stereocenters. The molecule has 0 fully saturated rings. The van der Waals surface area contributed by atoms with Crippen molar-refractivity contribution >= 4 is 78.6 Å². The van der Waals surface area contributed by atoms with Crippen LogP contribution in [0.25, 0.3) is 0 Å². The van der Waals surface area contributed by atoms with Crippen LogP contribution >= 0.6 is 0 Å². The summed E-state index contributed by atoms with van der Waals surface area (Å²) in [5, 5.41) is 0. The van der Waals surface area contributed by atoms with Crippen molar-refractivity contribution in [2.75, 3.05) is 0 Å². The molecule has 0 aliphatic heterocycles. The molecule has 0 aromatic rings. The van der Waals surface area contributed by atoms with Gasteiger partial charge in [0.25, 0.3) is 0 Å². The number of hydrogen-bond acceptors (Lipinski definition) is 4. The molecule has 0 aliphatic rings. The second-order valence-corrected chi connectivity index (χ2v) is 6.16. The van der Waals surface area contributed by atoms with Gasteiger partial charge in [-0.1, -0.05) is 0 Å². The molecule has 0 saturated carbocycles. The third kappa shape index (κ3) is 5.53. The van der Waals surface area contributed by atoms with Crippen molar-refractivity contribution in [2.24, 2.45) is 0 Å². The summed E-state index contributed by atoms with van der Waals surface area (Å²) in [5.74, 6) is 0. The van der Waals surface area contributed by atoms with Gasteiger partial charge in [0, 0.05) is 0 Å². The molecule has 0 spiro atoms. The Labute approximate surface area is 111 Å². The van der Waals surface area contributed by atoms with E-state index in [1.54, 1.807) is 0 Å². The van der Waals surface area contributed by atoms with Crippen LogP contribution < -0.4 is 0 Å². The van der Waals surface area contributed by atoms with E-state index in [2.05, 4.69) is 0 Å². The van der Waals surface area contributed by atoms with Gasteiger partial charge < -0.3 is 0 Å². The average Bonchev–Trinajstić information content (AvgIpc) is 1.95. The Hall–Kier alpha value is 1.30. The van der Waals surface area contributed by atoms with Gasteiger partial charge in [0.05, 0.1) is 0 Å². The third-order valence-electron chi connectivity index (χ3n) is 0.577. The van der Waals surface area contributed by atoms with E-state index < -0.39 is 14.8 Å². The number of carbonyl (C=O) groups excluding carboxylic acids is 4. The Bertz CT molecular complexity index is 123. The molecule has 56 valence electrons. The zero-order valence-electron chi connectivity index (χ0n) is 4.30. The van der Waals surface area contributed by atoms with E-state index >= 15 is 0 Å². The van der Waals surface area contributed by atoms with Crippen molar-refractivity contribution < 1.29 is 34.0 Å². The normalized spacial score (nSPS) is 9.45. The molecule has 11 heavy (non-hydrogen) atoms. The molecule has 0 radical (unpaired) electrons. The number of hydrogen-bond donors (Lipinski definition) is 0. The molecule has 0 N–H and O–H groups in total. The van der Waals surface area contributed by atoms with Gasteiger partial charge in [-0.2, -0.15) is 0 Å². The van der Waals surface area contributed by atoms with Crippen molar-refractivity contribution in [2.45, 2.75) is 0 Å². The van der Waals surface area contributed by atoms with Crippen molar-refractivity contribution in [1.29, 1.82) is 0 Å². The summed E-state index contributed by atoms with van der Waals surface area (Å²) in [5.41, 5.74) is 0. The Balaban J connectivity index is -0.000000320. The second-order valence-electron chi connectivity index (χ2n) is 1.04. The van der Waals surface area contributed by atoms with Crippen LogP contribution in [-0.4, -0.2) is 78.6 Å². The van der Waals surface area contributed by atoms with Crippen LogP contribution in [0.15, 0.2) is 0 Å². The zero-order valence-corrected chi connectivity index (χ0v) is 6.03. The molecule has 0 amide bonds. The van der Waals surface area contributed by atoms with Crippen LogP contribution in [0, 0.1) is 0 Å². The molecule has 0 rings (SSSR count). The fourth-order valence-corrected chi connectivity index (χ4v) is 0.697. The molecule has 0 aromatic carbocycles. The topological polar surface area (TPSA) is 68.3 Å². The van der Waals surface area contributed by atoms with Crippen LogP contribution in [0.3, 0.4) is 0 Å². The van der Waals surface area contributed by atoms with Gasteiger partial charge >= 0.3 is 113 Å². The Kier molecular flexibility index (Phi) is 15.5. The van der Waals surface area contributed by atoms with E-state index in [-0.39, 0.29) is 78.6 Å². The number of rotatable bonds is 4. The Morgan fingerprint density at radius 2 is 0.818 bits per heavy atom. The minimum atomic E-state index is -3.72. The first-order chi connectivity index (χ1) is 4.24. The summed E-state index contributed by atoms with van der Waals surface area (Å²) in [4.78, 5) is 40.3. The van der Waals surface area contributed by atoms with E-state index in [1.165, 1.54) is 0 Å². The van der Waals surface area contributed by atoms with E-state index in [9.17, 15) is 19.2 Å². The van der Waals surface area contributed by atoms with Gasteiger partial charge in [-0.25, -0.2) is 0 Å². The fourth-order valence-electron chi connectivity index (χ4n) is 0.118. The summed E-state index contributed by atoms with van der Waals surface area (Å²) >= 11 is -3.72. The van der Waals surface area contributed by atoms with Crippen molar-refractivity contribution in [1.82, 2.24) is 0 Å². The first kappa shape index (κ1) is 18.2. The zero-order chi connectivity index (χ0) is 7.33. The molecule has 0 unspecified atom stereocenters. The molecule has 0 saturated heterocycles. The van der Waals surface area contributed by atoms with E-state index in [0.717, 1.165) is 0 Å². The SMILES string of the molecule is O=[CH][Ru]([CH]=O)([CH]=O)[CH]=O.[NaH].[NaH]. The van der Waals surface area contributed by atoms with Crippen LogP contribution in [0.1, 0.15) is 0 Å². The minimum absolute atomic E-state index is 0. The predicted octanol–water partition coefficient (Wildman–Crippen LogP) is -2.40. The molecule has 7 heteroatoms. The van der Waals surface area contributed by atoms with Crippen LogP contribution in [0.4, 0.5) is 0 Å². The summed E-state index contributed by atoms with van der Waals surface area (Å²) in [7, 11) is 0. The van der Waals surface area contributed by atoms with Crippen molar-refractivity contribution in [3.05, 3.63) is 0 Å². The summed E-state index contributed by atoms with van der Waals surface area (Å²) in [6, 6.07) is 0. The summed E-state index contributed by atoms with van der Waals surface area (Å²) < 4.78 is 0. The van der Waals surface area contributed by atoms with Gasteiger partial charge in [-0.15, -0.1) is 0 Å². The van der Waals surface area contributed by atoms with Crippen LogP contribution in [-0.2, 0) is 34.0 Å². The first-order valence-corrected chi connectivity index (χ1v) is 5.77. The average molecular weight is 265 g/mol. The van der Waals surface area contributed by atoms with Gasteiger partial charge in [0.15, 0.2) is 0 Å². The molecular formula is C4H6Na2O4Ru. The van der Waals surface area contributed by atoms with Gasteiger partial charge in [0.1, 0.15) is 0 Å². The van der Waals surface area contributed by atoms with E-state index in [0.29, 0.717) is 0 Å². The standard InChI is InChI=1S/4CHO.2Na.Ru.2H/c4*1-2;;;;;/h4*1H;;;;;. The number of carbonyl (C=O) groups is 4. The quantitative estimate of drug-likeness (QED) is 0.420. The third-order valence-corrected chi connectivity index (χ3v) is 3.42. The van der Waals surface area contributed by atoms with Crippen molar-refractivity contribution in [3.8, 4) is 0 Å². The predicted molar refractivity (Wildman–Crippen MR) is 41.3 cm³/mol. The molecular weight excluding hydrogens is 259 g/mol. The van der Waals surface area contributed by atoms with Gasteiger partial charge in [0.2, 0.25) is 0 Å². The van der Waals surface area contributed by atoms with Crippen LogP contribution in [0.2, 0.25) is 0 Å². The molecule has 0 heterocycles. The van der Waals surface area contributed by atoms with Gasteiger partial charge in [-0.05, 0) is 0 Å². The maximum atomic E-state index is 9.90. The first-order valence-electron chi connectivity index (χ1n) is 1.76. The Morgan fingerprint density at radius 1 is 0.636 bits per heavy atom. The second kappa shape index (κ2) is 9.39. The molecule has 4 nitrogen and oxygen atoms in total. The monoisotopic (exact) mass is 266 g/mol. The van der Waals surface area contributed by atoms with E-state index in [4.69, 9.17) is 0 Å². The van der Waals surface area contributed by atoms with E-state index in [1.807, 2.05) is 0 Å². The van der Waals surface area contributed by atoms with Crippen LogP contribution in [0.5, 0.6) is 0 Å². The maximum absolute atomic E-state index is 9.90. The summed E-state index contributed by atoms with van der Waals surface area (Å²) in [6.45, 7) is 0. The van der Waals surface area contributed by atoms with Gasteiger partial charge in [-0.3, -0.25) is 0 Å². The molecule has 0 aromatic heterocycles. The fraction of sp³-hybridized carbons (Fsp3) is 0. The van der Waals surface area contributed by atoms with Crippen molar-refractivity contribution in [3.63, 3.8) is 0 Å². The Morgan fingerprint density at radius 3 is 0.818 bits per heavy atom. The molecule has 0 bridgehead atoms. The summed E-state index contributed by atoms with van der Waals surface area (Å²) in [6.07, 6.45) is 0. The molecule has 0 aliphatic carbocycles.